The fourth-order valence-corrected chi connectivity index (χ4v) is 4.73. The number of nitrogens with one attached hydrogen (secondary N) is 1. The Bertz CT molecular complexity index is 1420. The molecule has 7 nitrogen and oxygen atoms in total. The Morgan fingerprint density at radius 3 is 2.56 bits per heavy atom. The summed E-state index contributed by atoms with van der Waals surface area (Å²) >= 11 is 5.98. The van der Waals surface area contributed by atoms with Crippen LogP contribution in [0.15, 0.2) is 59.4 Å². The van der Waals surface area contributed by atoms with Crippen LogP contribution in [0.1, 0.15) is 30.7 Å². The lowest BCUT2D eigenvalue weighted by Gasteiger charge is -2.24. The van der Waals surface area contributed by atoms with Crippen molar-refractivity contribution in [1.29, 1.82) is 0 Å². The number of hydrogen-bond donors (Lipinski definition) is 2. The summed E-state index contributed by atoms with van der Waals surface area (Å²) in [4.78, 5) is 42.2. The Morgan fingerprint density at radius 2 is 1.82 bits per heavy atom. The molecule has 5 rings (SSSR count). The highest BCUT2D eigenvalue weighted by Crippen LogP contribution is 2.30. The van der Waals surface area contributed by atoms with Gasteiger partial charge in [-0.05, 0) is 66.8 Å². The molecular weight excluding hydrogens is 454 g/mol. The summed E-state index contributed by atoms with van der Waals surface area (Å²) in [5.74, 6) is -2.12. The first-order chi connectivity index (χ1) is 16.4. The molecule has 0 unspecified atom stereocenters. The lowest BCUT2D eigenvalue weighted by molar-refractivity contribution is -0.146. The third-order valence-electron chi connectivity index (χ3n) is 6.41. The van der Waals surface area contributed by atoms with E-state index in [4.69, 9.17) is 16.6 Å². The lowest BCUT2D eigenvalue weighted by atomic mass is 9.82. The van der Waals surface area contributed by atoms with Crippen LogP contribution in [0, 0.1) is 11.8 Å². The topological polar surface area (TPSA) is 101 Å². The van der Waals surface area contributed by atoms with Crippen molar-refractivity contribution in [3.05, 3.63) is 81.4 Å². The number of amides is 1. The summed E-state index contributed by atoms with van der Waals surface area (Å²) in [7, 11) is 0. The van der Waals surface area contributed by atoms with Crippen LogP contribution in [0.5, 0.6) is 0 Å². The average molecular weight is 476 g/mol. The van der Waals surface area contributed by atoms with Gasteiger partial charge in [0.15, 0.2) is 0 Å². The molecule has 1 aliphatic carbocycles. The molecule has 0 bridgehead atoms. The number of benzene rings is 2. The van der Waals surface area contributed by atoms with Crippen molar-refractivity contribution in [2.45, 2.75) is 25.8 Å². The van der Waals surface area contributed by atoms with Crippen LogP contribution in [0.25, 0.3) is 22.6 Å². The molecule has 0 fully saturated rings. The lowest BCUT2D eigenvalue weighted by Crippen LogP contribution is -2.34. The van der Waals surface area contributed by atoms with E-state index in [0.29, 0.717) is 53.2 Å². The number of anilines is 1. The predicted molar refractivity (Wildman–Crippen MR) is 132 cm³/mol. The predicted octanol–water partition coefficient (Wildman–Crippen LogP) is 4.60. The zero-order valence-electron chi connectivity index (χ0n) is 18.2. The van der Waals surface area contributed by atoms with Gasteiger partial charge in [0.2, 0.25) is 5.91 Å². The van der Waals surface area contributed by atoms with E-state index in [1.807, 2.05) is 36.4 Å². The molecule has 1 aromatic heterocycles. The van der Waals surface area contributed by atoms with E-state index < -0.39 is 17.8 Å². The van der Waals surface area contributed by atoms with Gasteiger partial charge in [-0.25, -0.2) is 4.98 Å². The van der Waals surface area contributed by atoms with Gasteiger partial charge in [-0.1, -0.05) is 35.9 Å². The molecule has 34 heavy (non-hydrogen) atoms. The van der Waals surface area contributed by atoms with Crippen LogP contribution in [0.3, 0.4) is 0 Å². The Balaban J connectivity index is 1.47. The van der Waals surface area contributed by atoms with E-state index in [-0.39, 0.29) is 11.5 Å². The Morgan fingerprint density at radius 1 is 1.09 bits per heavy atom. The number of aliphatic carboxylic acids is 1. The molecule has 2 atom stereocenters. The van der Waals surface area contributed by atoms with Gasteiger partial charge in [-0.3, -0.25) is 19.0 Å². The molecule has 172 valence electrons. The van der Waals surface area contributed by atoms with Crippen LogP contribution in [0.2, 0.25) is 5.02 Å². The van der Waals surface area contributed by atoms with E-state index in [0.717, 1.165) is 11.1 Å². The molecule has 0 saturated carbocycles. The van der Waals surface area contributed by atoms with Crippen molar-refractivity contribution >= 4 is 51.7 Å². The van der Waals surface area contributed by atoms with Crippen molar-refractivity contribution in [3.63, 3.8) is 0 Å². The number of carboxylic acid groups (broad SMARTS) is 1. The van der Waals surface area contributed by atoms with Gasteiger partial charge in [0, 0.05) is 17.3 Å². The second-order valence-corrected chi connectivity index (χ2v) is 9.01. The molecule has 3 aromatic rings. The van der Waals surface area contributed by atoms with Gasteiger partial charge in [-0.15, -0.1) is 0 Å². The van der Waals surface area contributed by atoms with Gasteiger partial charge < -0.3 is 10.4 Å². The van der Waals surface area contributed by atoms with Crippen LogP contribution in [-0.4, -0.2) is 26.5 Å². The Hall–Kier alpha value is -3.71. The second-order valence-electron chi connectivity index (χ2n) is 8.58. The van der Waals surface area contributed by atoms with E-state index in [2.05, 4.69) is 5.32 Å². The molecule has 2 aliphatic rings. The number of carbonyl (C=O) groups excluding carboxylic acids is 1. The fraction of sp³-hybridized carbons (Fsp3) is 0.231. The minimum atomic E-state index is -0.978. The third kappa shape index (κ3) is 4.15. The number of aromatic nitrogens is 2. The zero-order chi connectivity index (χ0) is 23.8. The maximum atomic E-state index is 13.1. The highest BCUT2D eigenvalue weighted by atomic mass is 35.5. The van der Waals surface area contributed by atoms with Crippen LogP contribution >= 0.6 is 11.6 Å². The summed E-state index contributed by atoms with van der Waals surface area (Å²) in [6.45, 7) is 0.556. The molecule has 0 radical (unpaired) electrons. The number of halogens is 1. The highest BCUT2D eigenvalue weighted by molar-refractivity contribution is 6.30. The summed E-state index contributed by atoms with van der Waals surface area (Å²) in [6, 6.07) is 12.4. The number of carboxylic acids is 1. The van der Waals surface area contributed by atoms with E-state index in [1.54, 1.807) is 28.8 Å². The van der Waals surface area contributed by atoms with Crippen LogP contribution in [-0.2, 0) is 16.1 Å². The smallest absolute Gasteiger partial charge is 0.307 e. The number of rotatable bonds is 4. The first kappa shape index (κ1) is 22.1. The molecule has 1 amide bonds. The monoisotopic (exact) mass is 475 g/mol. The number of hydrogen-bond acceptors (Lipinski definition) is 4. The first-order valence-corrected chi connectivity index (χ1v) is 11.5. The van der Waals surface area contributed by atoms with Gasteiger partial charge in [-0.2, -0.15) is 0 Å². The minimum Gasteiger partial charge on any atom is -0.481 e. The standard InChI is InChI=1S/C26H22ClN3O4/c27-17-7-5-15(6-8-17)13-16-11-12-30-23(16)29-22-14-18(9-10-21(22)25(30)32)28-24(31)19-3-1-2-4-20(19)26(33)34/h1-2,5-10,13-14,19-20H,3-4,11-12H2,(H,28,31)(H,33,34)/b16-13+/t19-,20+/m1/s1. The van der Waals surface area contributed by atoms with Crippen molar-refractivity contribution in [3.8, 4) is 0 Å². The summed E-state index contributed by atoms with van der Waals surface area (Å²) in [5.41, 5.74) is 2.76. The molecule has 0 saturated heterocycles. The van der Waals surface area contributed by atoms with Crippen molar-refractivity contribution < 1.29 is 14.7 Å². The normalized spacial score (nSPS) is 20.4. The van der Waals surface area contributed by atoms with Gasteiger partial charge in [0.05, 0.1) is 22.7 Å². The Labute approximate surface area is 200 Å². The quantitative estimate of drug-likeness (QED) is 0.537. The maximum absolute atomic E-state index is 13.1. The van der Waals surface area contributed by atoms with Gasteiger partial charge >= 0.3 is 5.97 Å². The first-order valence-electron chi connectivity index (χ1n) is 11.1. The molecule has 2 aromatic carbocycles. The van der Waals surface area contributed by atoms with Gasteiger partial charge in [0.25, 0.3) is 5.56 Å². The van der Waals surface area contributed by atoms with E-state index in [9.17, 15) is 19.5 Å². The minimum absolute atomic E-state index is 0.124. The molecule has 2 N–H and O–H groups in total. The highest BCUT2D eigenvalue weighted by Gasteiger charge is 2.34. The van der Waals surface area contributed by atoms with Crippen molar-refractivity contribution in [2.24, 2.45) is 11.8 Å². The molecule has 0 spiro atoms. The largest absolute Gasteiger partial charge is 0.481 e. The zero-order valence-corrected chi connectivity index (χ0v) is 19.0. The maximum Gasteiger partial charge on any atom is 0.307 e. The number of allylic oxidation sites excluding steroid dienone is 3. The number of nitrogens with zero attached hydrogens (tertiary/aromatic N) is 2. The third-order valence-corrected chi connectivity index (χ3v) is 6.66. The van der Waals surface area contributed by atoms with Crippen molar-refractivity contribution in [1.82, 2.24) is 9.55 Å². The SMILES string of the molecule is O=C(O)[C@H]1CC=CC[C@H]1C(=O)Nc1ccc2c(=O)n3c(nc2c1)/C(=C/c1ccc(Cl)cc1)CC3. The number of carbonyl (C=O) groups is 2. The van der Waals surface area contributed by atoms with Crippen LogP contribution < -0.4 is 10.9 Å². The summed E-state index contributed by atoms with van der Waals surface area (Å²) in [5, 5.41) is 13.4. The van der Waals surface area contributed by atoms with E-state index >= 15 is 0 Å². The van der Waals surface area contributed by atoms with Crippen molar-refractivity contribution in [2.75, 3.05) is 5.32 Å². The Kier molecular flexibility index (Phi) is 5.79. The van der Waals surface area contributed by atoms with Gasteiger partial charge in [0.1, 0.15) is 5.82 Å². The number of fused-ring (bicyclic) bond motifs is 2. The molecule has 2 heterocycles. The molecular formula is C26H22ClN3O4. The second kappa shape index (κ2) is 8.91. The van der Waals surface area contributed by atoms with E-state index in [1.165, 1.54) is 0 Å². The summed E-state index contributed by atoms with van der Waals surface area (Å²) < 4.78 is 1.67. The summed E-state index contributed by atoms with van der Waals surface area (Å²) in [6.07, 6.45) is 7.04. The molecule has 1 aliphatic heterocycles. The average Bonchev–Trinajstić information content (AvgIpc) is 3.23. The molecule has 8 heteroatoms. The van der Waals surface area contributed by atoms with Crippen LogP contribution in [0.4, 0.5) is 5.69 Å². The fourth-order valence-electron chi connectivity index (χ4n) is 4.60.